The van der Waals surface area contributed by atoms with Gasteiger partial charge in [-0.2, -0.15) is 13.2 Å². The Bertz CT molecular complexity index is 348. The number of ether oxygens (including phenoxy) is 1. The Labute approximate surface area is 85.8 Å². The van der Waals surface area contributed by atoms with Crippen molar-refractivity contribution in [3.63, 3.8) is 0 Å². The third kappa shape index (κ3) is 2.17. The van der Waals surface area contributed by atoms with E-state index < -0.39 is 23.3 Å². The van der Waals surface area contributed by atoms with E-state index in [1.807, 2.05) is 0 Å². The molecule has 1 aromatic carbocycles. The topological polar surface area (TPSA) is 9.23 Å². The molecule has 0 saturated carbocycles. The van der Waals surface area contributed by atoms with Crippen LogP contribution in [0.4, 0.5) is 17.6 Å². The Morgan fingerprint density at radius 2 is 1.86 bits per heavy atom. The standard InChI is InChI=1S/C8H5BrF4O/c1-14-7-5(8(11,12)13)2-4(10)3-6(7)9/h2-3H,1H3. The largest absolute Gasteiger partial charge is 0.495 e. The molecular formula is C8H5BrF4O. The molecule has 78 valence electrons. The van der Waals surface area contributed by atoms with E-state index in [1.54, 1.807) is 0 Å². The van der Waals surface area contributed by atoms with Crippen LogP contribution in [0.2, 0.25) is 0 Å². The zero-order chi connectivity index (χ0) is 10.9. The summed E-state index contributed by atoms with van der Waals surface area (Å²) in [4.78, 5) is 0. The summed E-state index contributed by atoms with van der Waals surface area (Å²) in [7, 11) is 1.09. The minimum atomic E-state index is -4.63. The van der Waals surface area contributed by atoms with Gasteiger partial charge in [-0.3, -0.25) is 0 Å². The summed E-state index contributed by atoms with van der Waals surface area (Å²) < 4.78 is 54.1. The lowest BCUT2D eigenvalue weighted by molar-refractivity contribution is -0.139. The number of halogens is 5. The van der Waals surface area contributed by atoms with Gasteiger partial charge in [-0.05, 0) is 28.1 Å². The predicted octanol–water partition coefficient (Wildman–Crippen LogP) is 3.62. The van der Waals surface area contributed by atoms with Crippen LogP contribution in [0.25, 0.3) is 0 Å². The van der Waals surface area contributed by atoms with E-state index in [4.69, 9.17) is 0 Å². The second-order valence-corrected chi connectivity index (χ2v) is 3.32. The first-order chi connectivity index (χ1) is 6.36. The predicted molar refractivity (Wildman–Crippen MR) is 45.7 cm³/mol. The van der Waals surface area contributed by atoms with Crippen LogP contribution in [0.3, 0.4) is 0 Å². The highest BCUT2D eigenvalue weighted by molar-refractivity contribution is 9.10. The summed E-state index contributed by atoms with van der Waals surface area (Å²) in [5.74, 6) is -1.39. The Balaban J connectivity index is 3.40. The maximum atomic E-state index is 12.7. The van der Waals surface area contributed by atoms with Gasteiger partial charge >= 0.3 is 6.18 Å². The highest BCUT2D eigenvalue weighted by atomic mass is 79.9. The lowest BCUT2D eigenvalue weighted by Crippen LogP contribution is -2.08. The molecule has 0 aliphatic carbocycles. The summed E-state index contributed by atoms with van der Waals surface area (Å²) >= 11 is 2.79. The molecule has 0 radical (unpaired) electrons. The molecule has 0 heterocycles. The van der Waals surface area contributed by atoms with Gasteiger partial charge in [0.25, 0.3) is 0 Å². The molecule has 6 heteroatoms. The van der Waals surface area contributed by atoms with Crippen LogP contribution in [0.15, 0.2) is 16.6 Å². The third-order valence-electron chi connectivity index (χ3n) is 1.52. The van der Waals surface area contributed by atoms with Crippen molar-refractivity contribution in [3.05, 3.63) is 28.0 Å². The van der Waals surface area contributed by atoms with Gasteiger partial charge in [0.2, 0.25) is 0 Å². The lowest BCUT2D eigenvalue weighted by Gasteiger charge is -2.13. The molecule has 0 spiro atoms. The van der Waals surface area contributed by atoms with Crippen molar-refractivity contribution in [2.75, 3.05) is 7.11 Å². The van der Waals surface area contributed by atoms with Gasteiger partial charge in [0.1, 0.15) is 17.1 Å². The summed E-state index contributed by atoms with van der Waals surface area (Å²) in [6, 6.07) is 1.30. The number of rotatable bonds is 1. The summed E-state index contributed by atoms with van der Waals surface area (Å²) in [6.07, 6.45) is -4.63. The van der Waals surface area contributed by atoms with Crippen molar-refractivity contribution in [3.8, 4) is 5.75 Å². The summed E-state index contributed by atoms with van der Waals surface area (Å²) in [5.41, 5.74) is -1.13. The average Bonchev–Trinajstić information content (AvgIpc) is 2.01. The minimum absolute atomic E-state index is 0.0627. The fourth-order valence-electron chi connectivity index (χ4n) is 0.978. The average molecular weight is 273 g/mol. The van der Waals surface area contributed by atoms with Gasteiger partial charge in [-0.15, -0.1) is 0 Å². The van der Waals surface area contributed by atoms with Crippen molar-refractivity contribution in [2.24, 2.45) is 0 Å². The van der Waals surface area contributed by atoms with E-state index >= 15 is 0 Å². The Hall–Kier alpha value is -0.780. The van der Waals surface area contributed by atoms with Crippen molar-refractivity contribution in [1.29, 1.82) is 0 Å². The van der Waals surface area contributed by atoms with E-state index in [9.17, 15) is 17.6 Å². The molecule has 0 fully saturated rings. The third-order valence-corrected chi connectivity index (χ3v) is 2.11. The monoisotopic (exact) mass is 272 g/mol. The van der Waals surface area contributed by atoms with Crippen LogP contribution in [0, 0.1) is 5.82 Å². The van der Waals surface area contributed by atoms with E-state index in [-0.39, 0.29) is 4.47 Å². The molecule has 0 aromatic heterocycles. The Morgan fingerprint density at radius 1 is 1.29 bits per heavy atom. The van der Waals surface area contributed by atoms with Crippen molar-refractivity contribution < 1.29 is 22.3 Å². The van der Waals surface area contributed by atoms with Crippen LogP contribution >= 0.6 is 15.9 Å². The number of hydrogen-bond acceptors (Lipinski definition) is 1. The van der Waals surface area contributed by atoms with Gasteiger partial charge in [0.05, 0.1) is 11.6 Å². The van der Waals surface area contributed by atoms with Crippen LogP contribution < -0.4 is 4.74 Å². The number of methoxy groups -OCH3 is 1. The Morgan fingerprint density at radius 3 is 2.29 bits per heavy atom. The van der Waals surface area contributed by atoms with E-state index in [1.165, 1.54) is 0 Å². The SMILES string of the molecule is COc1c(Br)cc(F)cc1C(F)(F)F. The van der Waals surface area contributed by atoms with Gasteiger partial charge < -0.3 is 4.74 Å². The number of alkyl halides is 3. The molecule has 0 unspecified atom stereocenters. The first-order valence-electron chi connectivity index (χ1n) is 3.46. The van der Waals surface area contributed by atoms with E-state index in [2.05, 4.69) is 20.7 Å². The van der Waals surface area contributed by atoms with Crippen LogP contribution in [-0.4, -0.2) is 7.11 Å². The van der Waals surface area contributed by atoms with E-state index in [0.29, 0.717) is 6.07 Å². The highest BCUT2D eigenvalue weighted by Gasteiger charge is 2.35. The molecule has 1 nitrogen and oxygen atoms in total. The second-order valence-electron chi connectivity index (χ2n) is 2.47. The molecule has 0 aliphatic heterocycles. The molecule has 1 aromatic rings. The van der Waals surface area contributed by atoms with Crippen molar-refractivity contribution >= 4 is 15.9 Å². The molecule has 0 N–H and O–H groups in total. The maximum absolute atomic E-state index is 12.7. The summed E-state index contributed by atoms with van der Waals surface area (Å²) in [5, 5.41) is 0. The second kappa shape index (κ2) is 3.76. The van der Waals surface area contributed by atoms with Gasteiger partial charge in [0, 0.05) is 0 Å². The van der Waals surface area contributed by atoms with Gasteiger partial charge in [0.15, 0.2) is 0 Å². The summed E-state index contributed by atoms with van der Waals surface area (Å²) in [6.45, 7) is 0. The molecule has 14 heavy (non-hydrogen) atoms. The van der Waals surface area contributed by atoms with Gasteiger partial charge in [-0.1, -0.05) is 0 Å². The molecule has 0 amide bonds. The maximum Gasteiger partial charge on any atom is 0.420 e. The molecule has 0 atom stereocenters. The van der Waals surface area contributed by atoms with Crippen molar-refractivity contribution in [1.82, 2.24) is 0 Å². The smallest absolute Gasteiger partial charge is 0.420 e. The molecule has 0 aliphatic rings. The highest BCUT2D eigenvalue weighted by Crippen LogP contribution is 2.40. The van der Waals surface area contributed by atoms with Crippen molar-refractivity contribution in [2.45, 2.75) is 6.18 Å². The normalized spacial score (nSPS) is 11.6. The number of hydrogen-bond donors (Lipinski definition) is 0. The van der Waals surface area contributed by atoms with Gasteiger partial charge in [-0.25, -0.2) is 4.39 Å². The molecule has 0 saturated heterocycles. The first kappa shape index (κ1) is 11.3. The lowest BCUT2D eigenvalue weighted by atomic mass is 10.2. The fourth-order valence-corrected chi connectivity index (χ4v) is 1.57. The van der Waals surface area contributed by atoms with E-state index in [0.717, 1.165) is 13.2 Å². The van der Waals surface area contributed by atoms with Crippen LogP contribution in [0.5, 0.6) is 5.75 Å². The fraction of sp³-hybridized carbons (Fsp3) is 0.250. The quantitative estimate of drug-likeness (QED) is 0.710. The van der Waals surface area contributed by atoms with Crippen LogP contribution in [-0.2, 0) is 6.18 Å². The minimum Gasteiger partial charge on any atom is -0.495 e. The zero-order valence-electron chi connectivity index (χ0n) is 6.95. The Kier molecular flexibility index (Phi) is 3.04. The zero-order valence-corrected chi connectivity index (χ0v) is 8.54. The molecule has 0 bridgehead atoms. The molecular weight excluding hydrogens is 268 g/mol. The number of benzene rings is 1. The molecule has 1 rings (SSSR count). The van der Waals surface area contributed by atoms with Crippen LogP contribution in [0.1, 0.15) is 5.56 Å². The first-order valence-corrected chi connectivity index (χ1v) is 4.25.